The molecule has 0 aromatic rings. The van der Waals surface area contributed by atoms with Crippen molar-refractivity contribution in [3.05, 3.63) is 0 Å². The van der Waals surface area contributed by atoms with Crippen molar-refractivity contribution < 1.29 is 4.79 Å². The zero-order valence-corrected chi connectivity index (χ0v) is 10.0. The first-order valence-corrected chi connectivity index (χ1v) is 5.98. The summed E-state index contributed by atoms with van der Waals surface area (Å²) in [5.74, 6) is 1.06. The second-order valence-electron chi connectivity index (χ2n) is 3.75. The molecule has 1 unspecified atom stereocenters. The van der Waals surface area contributed by atoms with E-state index in [9.17, 15) is 4.79 Å². The molecule has 0 saturated carbocycles. The second-order valence-corrected chi connectivity index (χ2v) is 5.19. The average molecular weight is 248 g/mol. The van der Waals surface area contributed by atoms with E-state index in [4.69, 9.17) is 0 Å². The van der Waals surface area contributed by atoms with E-state index in [-0.39, 0.29) is 0 Å². The van der Waals surface area contributed by atoms with E-state index in [2.05, 4.69) is 22.9 Å². The van der Waals surface area contributed by atoms with Crippen molar-refractivity contribution in [2.75, 3.05) is 13.1 Å². The highest BCUT2D eigenvalue weighted by Crippen LogP contribution is 2.25. The monoisotopic (exact) mass is 247 g/mol. The summed E-state index contributed by atoms with van der Waals surface area (Å²) in [5, 5.41) is 0. The first-order valence-electron chi connectivity index (χ1n) is 5.07. The molecule has 2 nitrogen and oxygen atoms in total. The highest BCUT2D eigenvalue weighted by Gasteiger charge is 2.23. The molecule has 1 aliphatic rings. The number of halogens is 1. The number of carbonyl (C=O) groups is 1. The van der Waals surface area contributed by atoms with E-state index >= 15 is 0 Å². The number of hydrogen-bond acceptors (Lipinski definition) is 1. The van der Waals surface area contributed by atoms with Crippen molar-refractivity contribution in [3.8, 4) is 0 Å². The lowest BCUT2D eigenvalue weighted by atomic mass is 9.94. The van der Waals surface area contributed by atoms with E-state index in [0.717, 1.165) is 31.8 Å². The number of alkyl halides is 1. The highest BCUT2D eigenvalue weighted by atomic mass is 79.9. The van der Waals surface area contributed by atoms with Crippen molar-refractivity contribution >= 4 is 21.8 Å². The summed E-state index contributed by atoms with van der Waals surface area (Å²) in [6.45, 7) is 6.03. The Morgan fingerprint density at radius 2 is 2.08 bits per heavy atom. The minimum atomic E-state index is 0.306. The Balaban J connectivity index is 2.34. The largest absolute Gasteiger partial charge is 0.343 e. The molecule has 0 aliphatic carbocycles. The fourth-order valence-electron chi connectivity index (χ4n) is 1.83. The van der Waals surface area contributed by atoms with Gasteiger partial charge in [-0.2, -0.15) is 0 Å². The summed E-state index contributed by atoms with van der Waals surface area (Å²) in [7, 11) is 0. The molecule has 1 saturated heterocycles. The topological polar surface area (TPSA) is 20.3 Å². The SMILES string of the molecule is CCC(=O)N1CCC(C(C)Br)CC1. The van der Waals surface area contributed by atoms with Crippen molar-refractivity contribution in [2.24, 2.45) is 5.92 Å². The van der Waals surface area contributed by atoms with E-state index in [1.807, 2.05) is 11.8 Å². The Labute approximate surface area is 88.8 Å². The summed E-state index contributed by atoms with van der Waals surface area (Å²) in [6, 6.07) is 0. The molecule has 13 heavy (non-hydrogen) atoms. The smallest absolute Gasteiger partial charge is 0.222 e. The third-order valence-electron chi connectivity index (χ3n) is 2.84. The van der Waals surface area contributed by atoms with Crippen LogP contribution in [0.5, 0.6) is 0 Å². The first kappa shape index (κ1) is 11.0. The molecule has 1 amide bonds. The normalized spacial score (nSPS) is 21.6. The van der Waals surface area contributed by atoms with Gasteiger partial charge in [-0.1, -0.05) is 29.8 Å². The van der Waals surface area contributed by atoms with Crippen LogP contribution in [0.4, 0.5) is 0 Å². The summed E-state index contributed by atoms with van der Waals surface area (Å²) >= 11 is 3.61. The molecule has 0 aromatic heterocycles. The van der Waals surface area contributed by atoms with Gasteiger partial charge in [-0.3, -0.25) is 4.79 Å². The molecule has 0 bridgehead atoms. The van der Waals surface area contributed by atoms with E-state index < -0.39 is 0 Å². The lowest BCUT2D eigenvalue weighted by Crippen LogP contribution is -2.39. The van der Waals surface area contributed by atoms with Crippen LogP contribution in [0.1, 0.15) is 33.1 Å². The van der Waals surface area contributed by atoms with Gasteiger partial charge in [0.25, 0.3) is 0 Å². The van der Waals surface area contributed by atoms with Crippen LogP contribution in [-0.4, -0.2) is 28.7 Å². The van der Waals surface area contributed by atoms with Gasteiger partial charge in [0, 0.05) is 24.3 Å². The fraction of sp³-hybridized carbons (Fsp3) is 0.900. The Morgan fingerprint density at radius 3 is 2.46 bits per heavy atom. The van der Waals surface area contributed by atoms with Crippen LogP contribution in [0.15, 0.2) is 0 Å². The van der Waals surface area contributed by atoms with Crippen LogP contribution in [0.25, 0.3) is 0 Å². The van der Waals surface area contributed by atoms with Gasteiger partial charge in [0.05, 0.1) is 0 Å². The lowest BCUT2D eigenvalue weighted by molar-refractivity contribution is -0.132. The number of piperidine rings is 1. The standard InChI is InChI=1S/C10H18BrNO/c1-3-10(13)12-6-4-9(5-7-12)8(2)11/h8-9H,3-7H2,1-2H3. The van der Waals surface area contributed by atoms with Gasteiger partial charge in [0.15, 0.2) is 0 Å². The summed E-state index contributed by atoms with van der Waals surface area (Å²) in [5.41, 5.74) is 0. The highest BCUT2D eigenvalue weighted by molar-refractivity contribution is 9.09. The fourth-order valence-corrected chi connectivity index (χ4v) is 2.36. The van der Waals surface area contributed by atoms with Gasteiger partial charge in [-0.05, 0) is 18.8 Å². The second kappa shape index (κ2) is 4.99. The summed E-state index contributed by atoms with van der Waals surface area (Å²) < 4.78 is 0. The summed E-state index contributed by atoms with van der Waals surface area (Å²) in [4.78, 5) is 13.9. The van der Waals surface area contributed by atoms with Crippen molar-refractivity contribution in [1.82, 2.24) is 4.90 Å². The molecule has 1 heterocycles. The van der Waals surface area contributed by atoms with Gasteiger partial charge < -0.3 is 4.90 Å². The van der Waals surface area contributed by atoms with Crippen LogP contribution < -0.4 is 0 Å². The molecular weight excluding hydrogens is 230 g/mol. The van der Waals surface area contributed by atoms with Gasteiger partial charge >= 0.3 is 0 Å². The predicted octanol–water partition coefficient (Wildman–Crippen LogP) is 2.42. The Bertz CT molecular complexity index is 174. The zero-order valence-electron chi connectivity index (χ0n) is 8.42. The van der Waals surface area contributed by atoms with E-state index in [0.29, 0.717) is 17.2 Å². The lowest BCUT2D eigenvalue weighted by Gasteiger charge is -2.33. The molecular formula is C10H18BrNO. The van der Waals surface area contributed by atoms with E-state index in [1.165, 1.54) is 0 Å². The first-order chi connectivity index (χ1) is 6.15. The Morgan fingerprint density at radius 1 is 1.54 bits per heavy atom. The molecule has 1 fully saturated rings. The van der Waals surface area contributed by atoms with Crippen LogP contribution in [0.3, 0.4) is 0 Å². The average Bonchev–Trinajstić information content (AvgIpc) is 2.17. The number of rotatable bonds is 2. The van der Waals surface area contributed by atoms with Crippen LogP contribution in [0.2, 0.25) is 0 Å². The minimum absolute atomic E-state index is 0.306. The molecule has 1 rings (SSSR count). The van der Waals surface area contributed by atoms with Crippen molar-refractivity contribution in [1.29, 1.82) is 0 Å². The quantitative estimate of drug-likeness (QED) is 0.687. The van der Waals surface area contributed by atoms with Crippen molar-refractivity contribution in [3.63, 3.8) is 0 Å². The maximum atomic E-state index is 11.4. The van der Waals surface area contributed by atoms with E-state index in [1.54, 1.807) is 0 Å². The molecule has 1 aliphatic heterocycles. The Kier molecular flexibility index (Phi) is 4.23. The maximum absolute atomic E-state index is 11.4. The molecule has 0 aromatic carbocycles. The molecule has 76 valence electrons. The van der Waals surface area contributed by atoms with Crippen LogP contribution in [-0.2, 0) is 4.79 Å². The number of nitrogens with zero attached hydrogens (tertiary/aromatic N) is 1. The maximum Gasteiger partial charge on any atom is 0.222 e. The third-order valence-corrected chi connectivity index (χ3v) is 3.59. The molecule has 0 N–H and O–H groups in total. The zero-order chi connectivity index (χ0) is 9.84. The van der Waals surface area contributed by atoms with Gasteiger partial charge in [0.2, 0.25) is 5.91 Å². The predicted molar refractivity (Wildman–Crippen MR) is 58.0 cm³/mol. The van der Waals surface area contributed by atoms with Crippen LogP contribution in [0, 0.1) is 5.92 Å². The number of hydrogen-bond donors (Lipinski definition) is 0. The minimum Gasteiger partial charge on any atom is -0.343 e. The molecule has 0 radical (unpaired) electrons. The molecule has 1 atom stereocenters. The molecule has 3 heteroatoms. The molecule has 0 spiro atoms. The van der Waals surface area contributed by atoms with Gasteiger partial charge in [-0.25, -0.2) is 0 Å². The number of carbonyl (C=O) groups excluding carboxylic acids is 1. The van der Waals surface area contributed by atoms with Crippen LogP contribution >= 0.6 is 15.9 Å². The number of amides is 1. The van der Waals surface area contributed by atoms with Gasteiger partial charge in [0.1, 0.15) is 0 Å². The third kappa shape index (κ3) is 2.97. The summed E-state index contributed by atoms with van der Waals surface area (Å²) in [6.07, 6.45) is 2.95. The van der Waals surface area contributed by atoms with Crippen molar-refractivity contribution in [2.45, 2.75) is 37.9 Å². The van der Waals surface area contributed by atoms with Gasteiger partial charge in [-0.15, -0.1) is 0 Å². The number of likely N-dealkylation sites (tertiary alicyclic amines) is 1. The Hall–Kier alpha value is -0.0500.